The number of amides is 1. The van der Waals surface area contributed by atoms with Gasteiger partial charge in [-0.3, -0.25) is 4.79 Å². The number of rotatable bonds is 5. The van der Waals surface area contributed by atoms with Crippen molar-refractivity contribution in [1.29, 1.82) is 0 Å². The Bertz CT molecular complexity index is 1780. The van der Waals surface area contributed by atoms with Gasteiger partial charge in [0.2, 0.25) is 5.91 Å². The molecular formula is C29H26N8O3. The molecule has 0 radical (unpaired) electrons. The van der Waals surface area contributed by atoms with E-state index in [1.54, 1.807) is 10.8 Å². The van der Waals surface area contributed by atoms with Crippen molar-refractivity contribution in [3.05, 3.63) is 79.5 Å². The molecule has 2 aliphatic rings. The Hall–Kier alpha value is -5.19. The van der Waals surface area contributed by atoms with Crippen molar-refractivity contribution in [3.8, 4) is 17.2 Å². The fraction of sp³-hybridized carbons (Fsp3) is 0.207. The Balaban J connectivity index is 1.15. The average Bonchev–Trinajstić information content (AvgIpc) is 3.40. The molecule has 1 saturated heterocycles. The van der Waals surface area contributed by atoms with Crippen LogP contribution in [0, 0.1) is 6.92 Å². The van der Waals surface area contributed by atoms with E-state index in [2.05, 4.69) is 42.9 Å². The second-order valence-electron chi connectivity index (χ2n) is 9.84. The summed E-state index contributed by atoms with van der Waals surface area (Å²) in [5.41, 5.74) is 4.30. The highest BCUT2D eigenvalue weighted by Crippen LogP contribution is 2.39. The minimum Gasteiger partial charge on any atom is -0.489 e. The molecule has 1 fully saturated rings. The molecule has 11 nitrogen and oxygen atoms in total. The quantitative estimate of drug-likeness (QED) is 0.333. The van der Waals surface area contributed by atoms with Crippen LogP contribution in [0.1, 0.15) is 5.56 Å². The van der Waals surface area contributed by atoms with Crippen molar-refractivity contribution in [2.75, 3.05) is 36.5 Å². The van der Waals surface area contributed by atoms with Gasteiger partial charge in [-0.1, -0.05) is 6.58 Å². The number of benzene rings is 2. The van der Waals surface area contributed by atoms with Crippen molar-refractivity contribution in [3.63, 3.8) is 0 Å². The number of aromatic nitrogens is 5. The molecule has 3 aromatic heterocycles. The first-order valence-corrected chi connectivity index (χ1v) is 13.0. The first-order chi connectivity index (χ1) is 19.6. The number of piperazine rings is 1. The summed E-state index contributed by atoms with van der Waals surface area (Å²) in [4.78, 5) is 29.7. The summed E-state index contributed by atoms with van der Waals surface area (Å²) >= 11 is 0. The SMILES string of the molecule is C=CC(=O)N1CCN2C[C@H]1COc1cc3ncnc(Nc4ccc(Oc5ccn6ncnc6c5)c(C)c4)c3cc12. The molecule has 0 spiro atoms. The lowest BCUT2D eigenvalue weighted by atomic mass is 10.1. The highest BCUT2D eigenvalue weighted by atomic mass is 16.5. The highest BCUT2D eigenvalue weighted by molar-refractivity contribution is 5.95. The summed E-state index contributed by atoms with van der Waals surface area (Å²) < 4.78 is 14.0. The number of nitrogens with zero attached hydrogens (tertiary/aromatic N) is 7. The first-order valence-electron chi connectivity index (χ1n) is 13.0. The maximum atomic E-state index is 12.3. The molecule has 5 heterocycles. The number of anilines is 3. The van der Waals surface area contributed by atoms with Crippen LogP contribution < -0.4 is 19.7 Å². The van der Waals surface area contributed by atoms with Crippen molar-refractivity contribution in [1.82, 2.24) is 29.5 Å². The highest BCUT2D eigenvalue weighted by Gasteiger charge is 2.34. The molecular weight excluding hydrogens is 508 g/mol. The summed E-state index contributed by atoms with van der Waals surface area (Å²) in [5, 5.41) is 8.46. The predicted molar refractivity (Wildman–Crippen MR) is 150 cm³/mol. The third-order valence-corrected chi connectivity index (χ3v) is 7.35. The zero-order valence-corrected chi connectivity index (χ0v) is 21.8. The minimum atomic E-state index is -0.0650. The van der Waals surface area contributed by atoms with Gasteiger partial charge in [-0.25, -0.2) is 19.5 Å². The minimum absolute atomic E-state index is 0.0413. The zero-order valence-electron chi connectivity index (χ0n) is 21.8. The second kappa shape index (κ2) is 9.53. The number of nitrogens with one attached hydrogen (secondary N) is 1. The lowest BCUT2D eigenvalue weighted by Gasteiger charge is -2.39. The van der Waals surface area contributed by atoms with Gasteiger partial charge in [-0.2, -0.15) is 5.10 Å². The van der Waals surface area contributed by atoms with Crippen molar-refractivity contribution in [2.24, 2.45) is 0 Å². The Morgan fingerprint density at radius 2 is 2.05 bits per heavy atom. The lowest BCUT2D eigenvalue weighted by molar-refractivity contribution is -0.129. The number of carbonyl (C=O) groups is 1. The van der Waals surface area contributed by atoms with Crippen LogP contribution in [0.25, 0.3) is 16.6 Å². The zero-order chi connectivity index (χ0) is 27.2. The van der Waals surface area contributed by atoms with E-state index in [9.17, 15) is 4.79 Å². The number of pyridine rings is 1. The summed E-state index contributed by atoms with van der Waals surface area (Å²) in [5.74, 6) is 2.82. The fourth-order valence-corrected chi connectivity index (χ4v) is 5.31. The predicted octanol–water partition coefficient (Wildman–Crippen LogP) is 4.11. The number of fused-ring (bicyclic) bond motifs is 6. The van der Waals surface area contributed by atoms with Gasteiger partial charge in [-0.15, -0.1) is 0 Å². The summed E-state index contributed by atoms with van der Waals surface area (Å²) in [6, 6.07) is 13.6. The van der Waals surface area contributed by atoms with Crippen LogP contribution >= 0.6 is 0 Å². The van der Waals surface area contributed by atoms with E-state index in [1.807, 2.05) is 54.4 Å². The standard InChI is InChI=1S/C29H26N8O3/c1-3-28(38)36-9-8-35-14-20(36)15-39-26-13-23-22(12-24(26)35)29(32-16-30-23)34-19-4-5-25(18(2)10-19)40-21-6-7-37-27(11-21)31-17-33-37/h3-7,10-13,16-17,20H,1,8-9,14-15H2,2H3,(H,30,32,34)/t20-/m0/s1. The van der Waals surface area contributed by atoms with Crippen molar-refractivity contribution in [2.45, 2.75) is 13.0 Å². The second-order valence-corrected chi connectivity index (χ2v) is 9.84. The fourth-order valence-electron chi connectivity index (χ4n) is 5.31. The molecule has 1 N–H and O–H groups in total. The summed E-state index contributed by atoms with van der Waals surface area (Å²) in [6.07, 6.45) is 6.24. The van der Waals surface area contributed by atoms with Crippen LogP contribution in [0.2, 0.25) is 0 Å². The van der Waals surface area contributed by atoms with Gasteiger partial charge in [0, 0.05) is 49.0 Å². The molecule has 0 saturated carbocycles. The van der Waals surface area contributed by atoms with E-state index in [4.69, 9.17) is 9.47 Å². The van der Waals surface area contributed by atoms with Crippen LogP contribution in [-0.2, 0) is 4.79 Å². The molecule has 2 aromatic carbocycles. The van der Waals surface area contributed by atoms with Gasteiger partial charge in [0.15, 0.2) is 5.65 Å². The molecule has 11 heteroatoms. The topological polar surface area (TPSA) is 110 Å². The van der Waals surface area contributed by atoms with E-state index in [1.165, 1.54) is 12.4 Å². The van der Waals surface area contributed by atoms with Gasteiger partial charge in [0.05, 0.1) is 17.2 Å². The van der Waals surface area contributed by atoms with Crippen LogP contribution in [0.3, 0.4) is 0 Å². The molecule has 2 aliphatic heterocycles. The number of hydrogen-bond acceptors (Lipinski definition) is 9. The van der Waals surface area contributed by atoms with Crippen LogP contribution in [0.15, 0.2) is 74.0 Å². The third-order valence-electron chi connectivity index (χ3n) is 7.35. The molecule has 2 bridgehead atoms. The van der Waals surface area contributed by atoms with E-state index >= 15 is 0 Å². The number of ether oxygens (including phenoxy) is 2. The third kappa shape index (κ3) is 4.21. The van der Waals surface area contributed by atoms with Gasteiger partial charge >= 0.3 is 0 Å². The Kier molecular flexibility index (Phi) is 5.69. The number of carbonyl (C=O) groups excluding carboxylic acids is 1. The summed E-state index contributed by atoms with van der Waals surface area (Å²) in [7, 11) is 0. The lowest BCUT2D eigenvalue weighted by Crippen LogP contribution is -2.56. The van der Waals surface area contributed by atoms with Gasteiger partial charge in [0.1, 0.15) is 42.3 Å². The molecule has 0 aliphatic carbocycles. The average molecular weight is 535 g/mol. The monoisotopic (exact) mass is 534 g/mol. The smallest absolute Gasteiger partial charge is 0.246 e. The van der Waals surface area contributed by atoms with E-state index in [0.29, 0.717) is 37.8 Å². The van der Waals surface area contributed by atoms with E-state index < -0.39 is 0 Å². The van der Waals surface area contributed by atoms with E-state index in [-0.39, 0.29) is 11.9 Å². The molecule has 0 unspecified atom stereocenters. The maximum Gasteiger partial charge on any atom is 0.246 e. The Morgan fingerprint density at radius 1 is 1.12 bits per heavy atom. The summed E-state index contributed by atoms with van der Waals surface area (Å²) in [6.45, 7) is 8.08. The Morgan fingerprint density at radius 3 is 2.92 bits per heavy atom. The number of hydrogen-bond donors (Lipinski definition) is 1. The normalized spacial score (nSPS) is 16.3. The largest absolute Gasteiger partial charge is 0.489 e. The van der Waals surface area contributed by atoms with Gasteiger partial charge in [0.25, 0.3) is 0 Å². The van der Waals surface area contributed by atoms with Crippen LogP contribution in [0.5, 0.6) is 17.2 Å². The van der Waals surface area contributed by atoms with Crippen molar-refractivity contribution < 1.29 is 14.3 Å². The Labute approximate surface area is 229 Å². The van der Waals surface area contributed by atoms with Gasteiger partial charge < -0.3 is 24.6 Å². The molecule has 7 rings (SSSR count). The first kappa shape index (κ1) is 23.9. The molecule has 1 amide bonds. The molecule has 40 heavy (non-hydrogen) atoms. The maximum absolute atomic E-state index is 12.3. The number of aryl methyl sites for hydroxylation is 1. The van der Waals surface area contributed by atoms with Crippen LogP contribution in [-0.4, -0.2) is 67.7 Å². The van der Waals surface area contributed by atoms with Crippen molar-refractivity contribution >= 4 is 39.6 Å². The van der Waals surface area contributed by atoms with Gasteiger partial charge in [-0.05, 0) is 48.9 Å². The van der Waals surface area contributed by atoms with E-state index in [0.717, 1.165) is 45.0 Å². The molecule has 1 atom stereocenters. The van der Waals surface area contributed by atoms with Crippen LogP contribution in [0.4, 0.5) is 17.2 Å². The molecule has 200 valence electrons. The molecule has 5 aromatic rings.